The van der Waals surface area contributed by atoms with Crippen LogP contribution in [0.15, 0.2) is 11.1 Å². The van der Waals surface area contributed by atoms with Crippen LogP contribution in [0.2, 0.25) is 0 Å². The third-order valence-electron chi connectivity index (χ3n) is 2.31. The Morgan fingerprint density at radius 3 is 3.12 bits per heavy atom. The molecule has 0 aliphatic carbocycles. The van der Waals surface area contributed by atoms with Crippen molar-refractivity contribution in [3.05, 3.63) is 16.7 Å². The quantitative estimate of drug-likeness (QED) is 0.639. The lowest BCUT2D eigenvalue weighted by Gasteiger charge is -2.08. The molecular formula is C9H13N5O2. The molecular weight excluding hydrogens is 210 g/mol. The van der Waals surface area contributed by atoms with E-state index in [1.807, 2.05) is 6.92 Å². The van der Waals surface area contributed by atoms with Gasteiger partial charge < -0.3 is 15.4 Å². The van der Waals surface area contributed by atoms with Crippen LogP contribution in [0, 0.1) is 5.92 Å². The fourth-order valence-electron chi connectivity index (χ4n) is 1.50. The monoisotopic (exact) mass is 223 g/mol. The van der Waals surface area contributed by atoms with Gasteiger partial charge in [-0.15, -0.1) is 0 Å². The Balaban J connectivity index is 2.51. The molecule has 7 heteroatoms. The van der Waals surface area contributed by atoms with Crippen LogP contribution in [-0.2, 0) is 6.54 Å². The van der Waals surface area contributed by atoms with E-state index in [0.29, 0.717) is 12.2 Å². The molecule has 0 spiro atoms. The fourth-order valence-corrected chi connectivity index (χ4v) is 1.50. The molecule has 2 aromatic heterocycles. The predicted molar refractivity (Wildman–Crippen MR) is 58.8 cm³/mol. The molecule has 0 aromatic carbocycles. The molecule has 0 aliphatic heterocycles. The zero-order valence-electron chi connectivity index (χ0n) is 8.84. The minimum Gasteiger partial charge on any atom is -0.396 e. The van der Waals surface area contributed by atoms with Crippen LogP contribution in [-0.4, -0.2) is 31.2 Å². The van der Waals surface area contributed by atoms with E-state index < -0.39 is 0 Å². The third kappa shape index (κ3) is 1.76. The van der Waals surface area contributed by atoms with Gasteiger partial charge in [-0.25, -0.2) is 4.98 Å². The molecule has 2 rings (SSSR count). The number of hydrogen-bond acceptors (Lipinski definition) is 5. The number of aromatic amines is 1. The first-order valence-corrected chi connectivity index (χ1v) is 4.93. The van der Waals surface area contributed by atoms with Crippen LogP contribution in [0.1, 0.15) is 6.92 Å². The number of anilines is 1. The number of aliphatic hydroxyl groups is 1. The first kappa shape index (κ1) is 10.6. The van der Waals surface area contributed by atoms with Crippen molar-refractivity contribution >= 4 is 17.1 Å². The molecule has 0 saturated heterocycles. The Morgan fingerprint density at radius 2 is 2.44 bits per heavy atom. The van der Waals surface area contributed by atoms with Crippen LogP contribution >= 0.6 is 0 Å². The number of rotatable bonds is 3. The van der Waals surface area contributed by atoms with Crippen LogP contribution in [0.5, 0.6) is 0 Å². The summed E-state index contributed by atoms with van der Waals surface area (Å²) in [6, 6.07) is 0. The van der Waals surface area contributed by atoms with Crippen molar-refractivity contribution in [3.63, 3.8) is 0 Å². The first-order chi connectivity index (χ1) is 7.61. The standard InChI is InChI=1S/C9H13N5O2/c1-5(3-15)2-14-4-11-6-7(14)12-9(10)13-8(6)16/h4-5,15H,2-3H2,1H3,(H3,10,12,13,16)/t5-/m1/s1. The van der Waals surface area contributed by atoms with E-state index in [1.165, 1.54) is 6.33 Å². The molecule has 4 N–H and O–H groups in total. The van der Waals surface area contributed by atoms with Crippen molar-refractivity contribution < 1.29 is 5.11 Å². The minimum atomic E-state index is -0.349. The normalized spacial score (nSPS) is 13.1. The highest BCUT2D eigenvalue weighted by atomic mass is 16.3. The highest BCUT2D eigenvalue weighted by Gasteiger charge is 2.10. The Hall–Kier alpha value is -1.89. The molecule has 0 bridgehead atoms. The number of aliphatic hydroxyl groups excluding tert-OH is 1. The van der Waals surface area contributed by atoms with Gasteiger partial charge in [0, 0.05) is 13.2 Å². The summed E-state index contributed by atoms with van der Waals surface area (Å²) in [5, 5.41) is 8.97. The average Bonchev–Trinajstić information content (AvgIpc) is 2.61. The molecule has 2 heterocycles. The zero-order chi connectivity index (χ0) is 11.7. The number of fused-ring (bicyclic) bond motifs is 1. The molecule has 7 nitrogen and oxygen atoms in total. The number of nitrogens with one attached hydrogen (secondary N) is 1. The van der Waals surface area contributed by atoms with Crippen LogP contribution in [0.25, 0.3) is 11.2 Å². The second-order valence-corrected chi connectivity index (χ2v) is 3.81. The predicted octanol–water partition coefficient (Wildman–Crippen LogP) is -0.670. The molecule has 86 valence electrons. The SMILES string of the molecule is C[C@@H](CO)Cn1cnc2c(=O)[nH]c(N)nc21. The van der Waals surface area contributed by atoms with Gasteiger partial charge in [0.25, 0.3) is 5.56 Å². The van der Waals surface area contributed by atoms with Crippen molar-refractivity contribution in [2.45, 2.75) is 13.5 Å². The average molecular weight is 223 g/mol. The smallest absolute Gasteiger partial charge is 0.280 e. The molecule has 2 aromatic rings. The number of imidazole rings is 1. The van der Waals surface area contributed by atoms with Gasteiger partial charge in [-0.3, -0.25) is 9.78 Å². The number of hydrogen-bond donors (Lipinski definition) is 3. The van der Waals surface area contributed by atoms with E-state index >= 15 is 0 Å². The fraction of sp³-hybridized carbons (Fsp3) is 0.444. The molecule has 0 unspecified atom stereocenters. The first-order valence-electron chi connectivity index (χ1n) is 4.93. The van der Waals surface area contributed by atoms with Crippen LogP contribution in [0.3, 0.4) is 0 Å². The summed E-state index contributed by atoms with van der Waals surface area (Å²) in [5.74, 6) is 0.135. The number of H-pyrrole nitrogens is 1. The largest absolute Gasteiger partial charge is 0.396 e. The summed E-state index contributed by atoms with van der Waals surface area (Å²) in [5.41, 5.74) is 5.82. The summed E-state index contributed by atoms with van der Waals surface area (Å²) < 4.78 is 1.71. The van der Waals surface area contributed by atoms with Gasteiger partial charge in [0.05, 0.1) is 6.33 Å². The summed E-state index contributed by atoms with van der Waals surface area (Å²) in [6.45, 7) is 2.50. The molecule has 0 radical (unpaired) electrons. The number of nitrogens with two attached hydrogens (primary N) is 1. The van der Waals surface area contributed by atoms with Gasteiger partial charge in [0.1, 0.15) is 0 Å². The van der Waals surface area contributed by atoms with E-state index in [1.54, 1.807) is 4.57 Å². The molecule has 0 saturated carbocycles. The van der Waals surface area contributed by atoms with E-state index in [2.05, 4.69) is 15.0 Å². The van der Waals surface area contributed by atoms with Crippen LogP contribution < -0.4 is 11.3 Å². The van der Waals surface area contributed by atoms with Gasteiger partial charge in [0.15, 0.2) is 11.2 Å². The van der Waals surface area contributed by atoms with Gasteiger partial charge in [-0.05, 0) is 5.92 Å². The number of nitrogen functional groups attached to an aromatic ring is 1. The topological polar surface area (TPSA) is 110 Å². The van der Waals surface area contributed by atoms with Crippen molar-refractivity contribution in [1.82, 2.24) is 19.5 Å². The second kappa shape index (κ2) is 3.93. The van der Waals surface area contributed by atoms with E-state index in [0.717, 1.165) is 0 Å². The van der Waals surface area contributed by atoms with Crippen molar-refractivity contribution in [1.29, 1.82) is 0 Å². The van der Waals surface area contributed by atoms with Crippen molar-refractivity contribution in [3.8, 4) is 0 Å². The van der Waals surface area contributed by atoms with E-state index in [9.17, 15) is 4.79 Å². The summed E-state index contributed by atoms with van der Waals surface area (Å²) in [7, 11) is 0. The Bertz CT molecular complexity index is 559. The van der Waals surface area contributed by atoms with Crippen molar-refractivity contribution in [2.24, 2.45) is 5.92 Å². The highest BCUT2D eigenvalue weighted by Crippen LogP contribution is 2.09. The summed E-state index contributed by atoms with van der Waals surface area (Å²) >= 11 is 0. The number of nitrogens with zero attached hydrogens (tertiary/aromatic N) is 3. The highest BCUT2D eigenvalue weighted by molar-refractivity contribution is 5.70. The lowest BCUT2D eigenvalue weighted by molar-refractivity contribution is 0.224. The molecule has 1 atom stereocenters. The second-order valence-electron chi connectivity index (χ2n) is 3.81. The minimum absolute atomic E-state index is 0.0656. The van der Waals surface area contributed by atoms with Crippen molar-refractivity contribution in [2.75, 3.05) is 12.3 Å². The van der Waals surface area contributed by atoms with Crippen LogP contribution in [0.4, 0.5) is 5.95 Å². The van der Waals surface area contributed by atoms with Gasteiger partial charge in [-0.1, -0.05) is 6.92 Å². The zero-order valence-corrected chi connectivity index (χ0v) is 8.84. The summed E-state index contributed by atoms with van der Waals surface area (Å²) in [4.78, 5) is 21.8. The maximum Gasteiger partial charge on any atom is 0.280 e. The maximum atomic E-state index is 11.5. The molecule has 16 heavy (non-hydrogen) atoms. The Labute approximate surface area is 90.9 Å². The number of aromatic nitrogens is 4. The Morgan fingerprint density at radius 1 is 1.69 bits per heavy atom. The third-order valence-corrected chi connectivity index (χ3v) is 2.31. The van der Waals surface area contributed by atoms with E-state index in [-0.39, 0.29) is 29.5 Å². The van der Waals surface area contributed by atoms with Gasteiger partial charge in [-0.2, -0.15) is 4.98 Å². The molecule has 0 fully saturated rings. The molecule has 0 amide bonds. The summed E-state index contributed by atoms with van der Waals surface area (Å²) in [6.07, 6.45) is 1.53. The lowest BCUT2D eigenvalue weighted by Crippen LogP contribution is -2.14. The lowest BCUT2D eigenvalue weighted by atomic mass is 10.2. The van der Waals surface area contributed by atoms with E-state index in [4.69, 9.17) is 10.8 Å². The van der Waals surface area contributed by atoms with Gasteiger partial charge >= 0.3 is 0 Å². The van der Waals surface area contributed by atoms with Gasteiger partial charge in [0.2, 0.25) is 5.95 Å². The Kier molecular flexibility index (Phi) is 2.61. The maximum absolute atomic E-state index is 11.5. The molecule has 0 aliphatic rings.